The van der Waals surface area contributed by atoms with Crippen LogP contribution in [0.15, 0.2) is 69.6 Å². The van der Waals surface area contributed by atoms with E-state index in [1.165, 1.54) is 17.4 Å². The molecule has 0 saturated heterocycles. The second-order valence-electron chi connectivity index (χ2n) is 7.37. The Bertz CT molecular complexity index is 1400. The summed E-state index contributed by atoms with van der Waals surface area (Å²) in [6, 6.07) is 13.7. The number of hydrogen-bond acceptors (Lipinski definition) is 7. The van der Waals surface area contributed by atoms with E-state index >= 15 is 0 Å². The molecule has 0 unspecified atom stereocenters. The van der Waals surface area contributed by atoms with Gasteiger partial charge in [-0.1, -0.05) is 47.7 Å². The van der Waals surface area contributed by atoms with E-state index in [2.05, 4.69) is 4.99 Å². The highest BCUT2D eigenvalue weighted by Gasteiger charge is 2.33. The van der Waals surface area contributed by atoms with Crippen LogP contribution in [-0.2, 0) is 9.53 Å². The van der Waals surface area contributed by atoms with E-state index in [4.69, 9.17) is 9.47 Å². The van der Waals surface area contributed by atoms with E-state index in [1.807, 2.05) is 37.3 Å². The summed E-state index contributed by atoms with van der Waals surface area (Å²) in [5.74, 6) is -0.0994. The molecule has 0 spiro atoms. The minimum Gasteiger partial charge on any atom is -0.504 e. The van der Waals surface area contributed by atoms with Gasteiger partial charge in [-0.3, -0.25) is 9.36 Å². The topological polar surface area (TPSA) is 90.1 Å². The molecule has 1 aromatic heterocycles. The lowest BCUT2D eigenvalue weighted by Gasteiger charge is -2.24. The van der Waals surface area contributed by atoms with Crippen molar-refractivity contribution in [2.75, 3.05) is 13.2 Å². The van der Waals surface area contributed by atoms with E-state index < -0.39 is 12.0 Å². The lowest BCUT2D eigenvalue weighted by atomic mass is 9.96. The number of carbonyl (C=O) groups excluding carboxylic acids is 1. The van der Waals surface area contributed by atoms with Crippen LogP contribution in [0.25, 0.3) is 6.08 Å². The Morgan fingerprint density at radius 1 is 1.18 bits per heavy atom. The largest absolute Gasteiger partial charge is 0.504 e. The summed E-state index contributed by atoms with van der Waals surface area (Å²) in [6.07, 6.45) is 1.73. The Labute approximate surface area is 194 Å². The molecule has 1 N–H and O–H groups in total. The summed E-state index contributed by atoms with van der Waals surface area (Å²) in [4.78, 5) is 31.5. The molecule has 0 bridgehead atoms. The van der Waals surface area contributed by atoms with Gasteiger partial charge in [0.25, 0.3) is 5.56 Å². The minimum atomic E-state index is -0.637. The van der Waals surface area contributed by atoms with Gasteiger partial charge in [0.05, 0.1) is 35.1 Å². The first-order valence-electron chi connectivity index (χ1n) is 10.6. The van der Waals surface area contributed by atoms with Gasteiger partial charge in [-0.15, -0.1) is 0 Å². The number of hydrogen-bond donors (Lipinski definition) is 1. The summed E-state index contributed by atoms with van der Waals surface area (Å²) in [5.41, 5.74) is 2.13. The summed E-state index contributed by atoms with van der Waals surface area (Å²) in [7, 11) is 0. The Balaban J connectivity index is 1.91. The molecule has 8 heteroatoms. The SMILES string of the molecule is CCOC(=O)C1=C(C)N=c2s/c(=C\c3ccc(O)c(OCC)c3)c(=O)n2[C@H]1c1ccccc1. The van der Waals surface area contributed by atoms with Crippen LogP contribution in [0.4, 0.5) is 0 Å². The third-order valence-electron chi connectivity index (χ3n) is 5.21. The molecule has 2 heterocycles. The molecule has 0 saturated carbocycles. The number of ether oxygens (including phenoxy) is 2. The van der Waals surface area contributed by atoms with Crippen LogP contribution in [-0.4, -0.2) is 28.9 Å². The summed E-state index contributed by atoms with van der Waals surface area (Å²) >= 11 is 1.25. The number of allylic oxidation sites excluding steroid dienone is 1. The highest BCUT2D eigenvalue weighted by Crippen LogP contribution is 2.30. The van der Waals surface area contributed by atoms with E-state index in [0.717, 1.165) is 5.56 Å². The Morgan fingerprint density at radius 2 is 1.94 bits per heavy atom. The number of rotatable bonds is 6. The van der Waals surface area contributed by atoms with Gasteiger partial charge in [0, 0.05) is 0 Å². The Kier molecular flexibility index (Phi) is 6.46. The molecule has 0 fully saturated rings. The van der Waals surface area contributed by atoms with Crippen LogP contribution in [0, 0.1) is 0 Å². The molecule has 1 aliphatic heterocycles. The predicted octanol–water partition coefficient (Wildman–Crippen LogP) is 2.90. The van der Waals surface area contributed by atoms with Gasteiger partial charge in [-0.05, 0) is 50.1 Å². The fourth-order valence-corrected chi connectivity index (χ4v) is 4.83. The quantitative estimate of drug-likeness (QED) is 0.567. The van der Waals surface area contributed by atoms with Crippen molar-refractivity contribution in [2.24, 2.45) is 4.99 Å². The maximum atomic E-state index is 13.5. The Hall–Kier alpha value is -3.65. The molecule has 7 nitrogen and oxygen atoms in total. The maximum Gasteiger partial charge on any atom is 0.338 e. The summed E-state index contributed by atoms with van der Waals surface area (Å²) in [5, 5.41) is 9.97. The minimum absolute atomic E-state index is 0.0363. The van der Waals surface area contributed by atoms with Gasteiger partial charge >= 0.3 is 5.97 Å². The molecule has 0 amide bonds. The van der Waals surface area contributed by atoms with Crippen molar-refractivity contribution in [3.63, 3.8) is 0 Å². The first-order valence-corrected chi connectivity index (χ1v) is 11.5. The van der Waals surface area contributed by atoms with Crippen molar-refractivity contribution in [3.8, 4) is 11.5 Å². The monoisotopic (exact) mass is 464 g/mol. The van der Waals surface area contributed by atoms with Crippen LogP contribution < -0.4 is 19.6 Å². The molecule has 3 aromatic rings. The average Bonchev–Trinajstić information content (AvgIpc) is 3.10. The molecule has 170 valence electrons. The van der Waals surface area contributed by atoms with Gasteiger partial charge in [0.15, 0.2) is 16.3 Å². The van der Waals surface area contributed by atoms with Crippen molar-refractivity contribution in [1.82, 2.24) is 4.57 Å². The smallest absolute Gasteiger partial charge is 0.338 e. The fraction of sp³-hybridized carbons (Fsp3) is 0.240. The highest BCUT2D eigenvalue weighted by atomic mass is 32.1. The molecular formula is C25H24N2O5S. The first-order chi connectivity index (χ1) is 15.9. The molecule has 1 atom stereocenters. The van der Waals surface area contributed by atoms with Crippen LogP contribution in [0.1, 0.15) is 37.9 Å². The van der Waals surface area contributed by atoms with Crippen molar-refractivity contribution < 1.29 is 19.4 Å². The molecule has 1 aliphatic rings. The molecule has 4 rings (SSSR count). The van der Waals surface area contributed by atoms with E-state index in [1.54, 1.807) is 36.6 Å². The van der Waals surface area contributed by atoms with Crippen LogP contribution >= 0.6 is 11.3 Å². The second kappa shape index (κ2) is 9.46. The van der Waals surface area contributed by atoms with Crippen molar-refractivity contribution in [2.45, 2.75) is 26.8 Å². The summed E-state index contributed by atoms with van der Waals surface area (Å²) in [6.45, 7) is 5.97. The van der Waals surface area contributed by atoms with Gasteiger partial charge in [0.1, 0.15) is 0 Å². The molecule has 2 aromatic carbocycles. The normalized spacial score (nSPS) is 15.7. The zero-order valence-electron chi connectivity index (χ0n) is 18.6. The van der Waals surface area contributed by atoms with Crippen molar-refractivity contribution in [1.29, 1.82) is 0 Å². The van der Waals surface area contributed by atoms with Crippen LogP contribution in [0.3, 0.4) is 0 Å². The molecule has 0 aliphatic carbocycles. The number of carbonyl (C=O) groups is 1. The maximum absolute atomic E-state index is 13.5. The number of aromatic hydroxyl groups is 1. The van der Waals surface area contributed by atoms with Crippen molar-refractivity contribution >= 4 is 23.4 Å². The van der Waals surface area contributed by atoms with Gasteiger partial charge in [-0.2, -0.15) is 0 Å². The number of esters is 1. The molecule has 0 radical (unpaired) electrons. The number of benzene rings is 2. The van der Waals surface area contributed by atoms with Gasteiger partial charge < -0.3 is 14.6 Å². The van der Waals surface area contributed by atoms with E-state index in [9.17, 15) is 14.7 Å². The number of phenols is 1. The van der Waals surface area contributed by atoms with Crippen LogP contribution in [0.2, 0.25) is 0 Å². The van der Waals surface area contributed by atoms with E-state index in [0.29, 0.717) is 38.5 Å². The Morgan fingerprint density at radius 3 is 2.64 bits per heavy atom. The standard InChI is InChI=1S/C25H24N2O5S/c1-4-31-19-13-16(11-12-18(19)28)14-20-23(29)27-22(17-9-7-6-8-10-17)21(24(30)32-5-2)15(3)26-25(27)33-20/h6-14,22,28H,4-5H2,1-3H3/b20-14-/t22-/m0/s1. The highest BCUT2D eigenvalue weighted by molar-refractivity contribution is 7.07. The third-order valence-corrected chi connectivity index (χ3v) is 6.20. The lowest BCUT2D eigenvalue weighted by Crippen LogP contribution is -2.39. The predicted molar refractivity (Wildman–Crippen MR) is 126 cm³/mol. The number of nitrogens with zero attached hydrogens (tertiary/aromatic N) is 2. The van der Waals surface area contributed by atoms with Gasteiger partial charge in [-0.25, -0.2) is 9.79 Å². The first kappa shape index (κ1) is 22.5. The number of thiazole rings is 1. The number of phenolic OH excluding ortho intramolecular Hbond substituents is 1. The molecular weight excluding hydrogens is 440 g/mol. The number of fused-ring (bicyclic) bond motifs is 1. The molecule has 33 heavy (non-hydrogen) atoms. The van der Waals surface area contributed by atoms with Crippen LogP contribution in [0.5, 0.6) is 11.5 Å². The third kappa shape index (κ3) is 4.34. The fourth-order valence-electron chi connectivity index (χ4n) is 3.79. The van der Waals surface area contributed by atoms with Gasteiger partial charge in [0.2, 0.25) is 0 Å². The number of aromatic nitrogens is 1. The van der Waals surface area contributed by atoms with E-state index in [-0.39, 0.29) is 17.9 Å². The zero-order valence-corrected chi connectivity index (χ0v) is 19.4. The lowest BCUT2D eigenvalue weighted by molar-refractivity contribution is -0.139. The van der Waals surface area contributed by atoms with Crippen molar-refractivity contribution in [3.05, 3.63) is 90.6 Å². The zero-order chi connectivity index (χ0) is 23.5. The summed E-state index contributed by atoms with van der Waals surface area (Å²) < 4.78 is 12.8. The second-order valence-corrected chi connectivity index (χ2v) is 8.38. The average molecular weight is 465 g/mol.